The van der Waals surface area contributed by atoms with Crippen LogP contribution in [0.5, 0.6) is 17.4 Å². The van der Waals surface area contributed by atoms with Crippen molar-refractivity contribution in [2.45, 2.75) is 38.4 Å². The van der Waals surface area contributed by atoms with E-state index in [-0.39, 0.29) is 43.3 Å². The van der Waals surface area contributed by atoms with E-state index in [1.165, 1.54) is 27.4 Å². The number of hydrogen-bond donors (Lipinski definition) is 0. The van der Waals surface area contributed by atoms with E-state index in [1.54, 1.807) is 35.2 Å². The van der Waals surface area contributed by atoms with Gasteiger partial charge in [0.05, 0.1) is 63.7 Å². The highest BCUT2D eigenvalue weighted by molar-refractivity contribution is 5.96. The smallest absolute Gasteiger partial charge is 0.416 e. The number of nitrogens with zero attached hydrogens (tertiary/aromatic N) is 5. The van der Waals surface area contributed by atoms with Crippen molar-refractivity contribution in [3.63, 3.8) is 0 Å². The number of anilines is 1. The molecule has 2 aromatic heterocycles. The summed E-state index contributed by atoms with van der Waals surface area (Å²) in [5.74, 6) is 1.24. The van der Waals surface area contributed by atoms with E-state index in [0.29, 0.717) is 65.8 Å². The van der Waals surface area contributed by atoms with Gasteiger partial charge in [0.2, 0.25) is 11.8 Å². The number of methoxy groups -OCH3 is 3. The highest BCUT2D eigenvalue weighted by atomic mass is 19.4. The van der Waals surface area contributed by atoms with Crippen molar-refractivity contribution >= 4 is 28.7 Å². The van der Waals surface area contributed by atoms with Gasteiger partial charge >= 0.3 is 12.1 Å². The summed E-state index contributed by atoms with van der Waals surface area (Å²) in [6, 6.07) is 11.6. The highest BCUT2D eigenvalue weighted by Crippen LogP contribution is 2.34. The minimum atomic E-state index is -4.49. The predicted molar refractivity (Wildman–Crippen MR) is 166 cm³/mol. The summed E-state index contributed by atoms with van der Waals surface area (Å²) in [4.78, 5) is 38.8. The number of piperazine rings is 1. The number of aromatic nitrogens is 3. The number of alkyl halides is 3. The average molecular weight is 670 g/mol. The van der Waals surface area contributed by atoms with Gasteiger partial charge in [-0.3, -0.25) is 4.79 Å². The molecule has 1 amide bonds. The monoisotopic (exact) mass is 669 g/mol. The van der Waals surface area contributed by atoms with Crippen LogP contribution in [0.3, 0.4) is 0 Å². The molecule has 2 aromatic carbocycles. The molecular formula is C33H34F3N5O7. The van der Waals surface area contributed by atoms with Crippen molar-refractivity contribution in [3.8, 4) is 17.4 Å². The summed E-state index contributed by atoms with van der Waals surface area (Å²) in [6.45, 7) is 2.28. The van der Waals surface area contributed by atoms with Crippen LogP contribution in [-0.2, 0) is 40.1 Å². The quantitative estimate of drug-likeness (QED) is 0.212. The van der Waals surface area contributed by atoms with Gasteiger partial charge in [-0.25, -0.2) is 9.78 Å². The zero-order chi connectivity index (χ0) is 34.0. The van der Waals surface area contributed by atoms with Gasteiger partial charge in [0.25, 0.3) is 0 Å². The molecule has 6 rings (SSSR count). The van der Waals surface area contributed by atoms with Crippen molar-refractivity contribution < 1.29 is 46.4 Å². The zero-order valence-electron chi connectivity index (χ0n) is 26.6. The van der Waals surface area contributed by atoms with E-state index in [1.807, 2.05) is 9.47 Å². The molecule has 0 saturated carbocycles. The largest absolute Gasteiger partial charge is 0.496 e. The number of ether oxygens (including phenoxy) is 5. The molecule has 0 unspecified atom stereocenters. The normalized spacial score (nSPS) is 16.5. The van der Waals surface area contributed by atoms with Crippen molar-refractivity contribution in [3.05, 3.63) is 71.0 Å². The maximum Gasteiger partial charge on any atom is 0.416 e. The minimum absolute atomic E-state index is 0.0117. The fourth-order valence-corrected chi connectivity index (χ4v) is 5.68. The minimum Gasteiger partial charge on any atom is -0.496 e. The van der Waals surface area contributed by atoms with Gasteiger partial charge in [-0.15, -0.1) is 0 Å². The van der Waals surface area contributed by atoms with E-state index >= 15 is 0 Å². The van der Waals surface area contributed by atoms with Gasteiger partial charge in [-0.1, -0.05) is 12.1 Å². The topological polar surface area (TPSA) is 117 Å². The lowest BCUT2D eigenvalue weighted by molar-refractivity contribution is -0.137. The Morgan fingerprint density at radius 2 is 1.81 bits per heavy atom. The van der Waals surface area contributed by atoms with E-state index in [9.17, 15) is 22.8 Å². The second-order valence-corrected chi connectivity index (χ2v) is 11.3. The van der Waals surface area contributed by atoms with Crippen LogP contribution in [0.1, 0.15) is 33.7 Å². The number of carbonyl (C=O) groups is 2. The number of imidazole rings is 1. The van der Waals surface area contributed by atoms with Crippen LogP contribution in [0.2, 0.25) is 0 Å². The number of halogens is 3. The molecule has 2 fully saturated rings. The lowest BCUT2D eigenvalue weighted by Crippen LogP contribution is -2.50. The molecule has 0 N–H and O–H groups in total. The first-order chi connectivity index (χ1) is 23.1. The maximum atomic E-state index is 13.5. The molecule has 0 radical (unpaired) electrons. The van der Waals surface area contributed by atoms with Crippen LogP contribution in [0, 0.1) is 0 Å². The number of benzene rings is 2. The average Bonchev–Trinajstić information content (AvgIpc) is 3.41. The molecule has 48 heavy (non-hydrogen) atoms. The summed E-state index contributed by atoms with van der Waals surface area (Å²) < 4.78 is 68.5. The van der Waals surface area contributed by atoms with Crippen LogP contribution in [0.15, 0.2) is 48.5 Å². The second-order valence-electron chi connectivity index (χ2n) is 11.3. The van der Waals surface area contributed by atoms with Gasteiger partial charge in [-0.2, -0.15) is 18.2 Å². The summed E-state index contributed by atoms with van der Waals surface area (Å²) in [7, 11) is 4.12. The Bertz CT molecular complexity index is 1830. The molecule has 2 aliphatic rings. The van der Waals surface area contributed by atoms with E-state index in [4.69, 9.17) is 28.7 Å². The van der Waals surface area contributed by atoms with Crippen molar-refractivity contribution in [2.24, 2.45) is 0 Å². The molecule has 254 valence electrons. The molecule has 1 atom stereocenters. The summed E-state index contributed by atoms with van der Waals surface area (Å²) >= 11 is 0. The number of esters is 1. The Morgan fingerprint density at radius 1 is 1.02 bits per heavy atom. The Kier molecular flexibility index (Phi) is 9.31. The zero-order valence-corrected chi connectivity index (χ0v) is 26.6. The van der Waals surface area contributed by atoms with E-state index in [2.05, 4.69) is 4.98 Å². The fourth-order valence-electron chi connectivity index (χ4n) is 5.68. The molecule has 4 aromatic rings. The Morgan fingerprint density at radius 3 is 2.48 bits per heavy atom. The first-order valence-electron chi connectivity index (χ1n) is 15.2. The van der Waals surface area contributed by atoms with Gasteiger partial charge in [0.15, 0.2) is 0 Å². The second kappa shape index (κ2) is 13.6. The first kappa shape index (κ1) is 32.9. The summed E-state index contributed by atoms with van der Waals surface area (Å²) in [5, 5.41) is 0. The number of fused-ring (bicyclic) bond motifs is 1. The molecule has 2 aliphatic heterocycles. The third-order valence-electron chi connectivity index (χ3n) is 8.39. The van der Waals surface area contributed by atoms with Crippen LogP contribution < -0.4 is 19.1 Å². The molecule has 15 heteroatoms. The van der Waals surface area contributed by atoms with Crippen LogP contribution in [-0.4, -0.2) is 85.0 Å². The summed E-state index contributed by atoms with van der Waals surface area (Å²) in [5.41, 5.74) is 1.19. The lowest BCUT2D eigenvalue weighted by Gasteiger charge is -2.35. The molecule has 12 nitrogen and oxygen atoms in total. The van der Waals surface area contributed by atoms with Crippen molar-refractivity contribution in [1.29, 1.82) is 0 Å². The SMILES string of the molecule is COC(=O)c1cc(OC)c2nc(CN3CCN(c4cccc(OCc5ccc(C(F)(F)F)cc5OC)n4)CC3=O)n(C[C@@H]3CCO3)c2c1. The van der Waals surface area contributed by atoms with Crippen LogP contribution >= 0.6 is 0 Å². The third kappa shape index (κ3) is 6.81. The molecule has 4 heterocycles. The van der Waals surface area contributed by atoms with E-state index < -0.39 is 17.7 Å². The Hall–Kier alpha value is -5.05. The van der Waals surface area contributed by atoms with Crippen LogP contribution in [0.25, 0.3) is 11.0 Å². The standard InChI is InChI=1S/C33H34F3N5O7/c1-44-25-15-22(33(34,35)36)8-7-20(25)19-48-29-6-4-5-27(37-29)39-10-11-40(30(42)18-39)17-28-38-31-24(41(28)16-23-9-12-47-23)13-21(32(43)46-3)14-26(31)45-2/h4-8,13-15,23H,9-12,16-19H2,1-3H3/t23-/m0/s1. The third-order valence-corrected chi connectivity index (χ3v) is 8.39. The van der Waals surface area contributed by atoms with Crippen LogP contribution in [0.4, 0.5) is 19.0 Å². The van der Waals surface area contributed by atoms with Gasteiger partial charge < -0.3 is 38.1 Å². The molecule has 2 saturated heterocycles. The number of amides is 1. The molecule has 0 spiro atoms. The first-order valence-corrected chi connectivity index (χ1v) is 15.2. The lowest BCUT2D eigenvalue weighted by atomic mass is 10.1. The fraction of sp³-hybridized carbons (Fsp3) is 0.394. The predicted octanol–water partition coefficient (Wildman–Crippen LogP) is 4.47. The Labute approximate surface area is 273 Å². The Balaban J connectivity index is 1.16. The number of hydrogen-bond acceptors (Lipinski definition) is 10. The number of pyridine rings is 1. The summed E-state index contributed by atoms with van der Waals surface area (Å²) in [6.07, 6.45) is -3.62. The van der Waals surface area contributed by atoms with Crippen molar-refractivity contribution in [1.82, 2.24) is 19.4 Å². The van der Waals surface area contributed by atoms with Crippen molar-refractivity contribution in [2.75, 3.05) is 52.5 Å². The molecule has 0 aliphatic carbocycles. The molecular weight excluding hydrogens is 635 g/mol. The van der Waals surface area contributed by atoms with Gasteiger partial charge in [0, 0.05) is 31.3 Å². The number of rotatable bonds is 11. The maximum absolute atomic E-state index is 13.5. The highest BCUT2D eigenvalue weighted by Gasteiger charge is 2.32. The number of carbonyl (C=O) groups excluding carboxylic acids is 2. The van der Waals surface area contributed by atoms with Gasteiger partial charge in [-0.05, 0) is 36.8 Å². The molecule has 0 bridgehead atoms. The van der Waals surface area contributed by atoms with Gasteiger partial charge in [0.1, 0.15) is 35.3 Å². The van der Waals surface area contributed by atoms with E-state index in [0.717, 1.165) is 18.6 Å².